The SMILES string of the molecule is O=C(O)Cn1cc(S(=O)(=O)Nc2c(F)cccc2Br)cn1. The molecule has 0 amide bonds. The highest BCUT2D eigenvalue weighted by Gasteiger charge is 2.20. The number of benzene rings is 1. The summed E-state index contributed by atoms with van der Waals surface area (Å²) in [6.45, 7) is -0.473. The van der Waals surface area contributed by atoms with Gasteiger partial charge in [0.05, 0.1) is 11.9 Å². The van der Waals surface area contributed by atoms with Crippen molar-refractivity contribution in [3.05, 3.63) is 40.9 Å². The third-order valence-corrected chi connectivity index (χ3v) is 4.38. The van der Waals surface area contributed by atoms with Crippen LogP contribution in [-0.2, 0) is 21.4 Å². The van der Waals surface area contributed by atoms with Crippen LogP contribution in [0.4, 0.5) is 10.1 Å². The van der Waals surface area contributed by atoms with Gasteiger partial charge in [-0.2, -0.15) is 5.10 Å². The van der Waals surface area contributed by atoms with Crippen LogP contribution in [0.1, 0.15) is 0 Å². The van der Waals surface area contributed by atoms with Crippen LogP contribution in [0.15, 0.2) is 40.0 Å². The number of hydrogen-bond acceptors (Lipinski definition) is 4. The summed E-state index contributed by atoms with van der Waals surface area (Å²) in [6.07, 6.45) is 2.03. The molecule has 0 unspecified atom stereocenters. The molecule has 21 heavy (non-hydrogen) atoms. The van der Waals surface area contributed by atoms with Crippen LogP contribution in [0.25, 0.3) is 0 Å². The number of carboxylic acid groups (broad SMARTS) is 1. The van der Waals surface area contributed by atoms with E-state index in [2.05, 4.69) is 25.8 Å². The molecule has 0 aliphatic carbocycles. The predicted octanol–water partition coefficient (Wildman–Crippen LogP) is 1.67. The van der Waals surface area contributed by atoms with E-state index in [1.54, 1.807) is 0 Å². The molecule has 0 aliphatic heterocycles. The molecular weight excluding hydrogens is 369 g/mol. The summed E-state index contributed by atoms with van der Waals surface area (Å²) in [4.78, 5) is 10.3. The van der Waals surface area contributed by atoms with Crippen molar-refractivity contribution in [3.8, 4) is 0 Å². The van der Waals surface area contributed by atoms with Gasteiger partial charge in [-0.25, -0.2) is 12.8 Å². The zero-order chi connectivity index (χ0) is 15.6. The molecule has 0 bridgehead atoms. The van der Waals surface area contributed by atoms with Gasteiger partial charge in [0, 0.05) is 10.7 Å². The average molecular weight is 378 g/mol. The van der Waals surface area contributed by atoms with Crippen molar-refractivity contribution in [2.45, 2.75) is 11.4 Å². The lowest BCUT2D eigenvalue weighted by Gasteiger charge is -2.09. The Kier molecular flexibility index (Phi) is 4.28. The number of rotatable bonds is 5. The van der Waals surface area contributed by atoms with E-state index in [0.29, 0.717) is 0 Å². The van der Waals surface area contributed by atoms with E-state index in [4.69, 9.17) is 5.11 Å². The molecule has 2 aromatic rings. The summed E-state index contributed by atoms with van der Waals surface area (Å²) >= 11 is 3.04. The van der Waals surface area contributed by atoms with E-state index in [1.807, 2.05) is 0 Å². The molecule has 7 nitrogen and oxygen atoms in total. The number of nitrogens with one attached hydrogen (secondary N) is 1. The van der Waals surface area contributed by atoms with Crippen LogP contribution in [0.3, 0.4) is 0 Å². The van der Waals surface area contributed by atoms with Crippen molar-refractivity contribution in [3.63, 3.8) is 0 Å². The zero-order valence-electron chi connectivity index (χ0n) is 10.3. The molecule has 0 radical (unpaired) electrons. The number of halogens is 2. The Hall–Kier alpha value is -1.94. The van der Waals surface area contributed by atoms with Gasteiger partial charge in [-0.3, -0.25) is 14.2 Å². The predicted molar refractivity (Wildman–Crippen MR) is 74.8 cm³/mol. The molecule has 0 spiro atoms. The molecule has 2 rings (SSSR count). The summed E-state index contributed by atoms with van der Waals surface area (Å²) < 4.78 is 41.1. The van der Waals surface area contributed by atoms with Gasteiger partial charge in [0.2, 0.25) is 0 Å². The lowest BCUT2D eigenvalue weighted by atomic mass is 10.3. The number of nitrogens with zero attached hydrogens (tertiary/aromatic N) is 2. The lowest BCUT2D eigenvalue weighted by Crippen LogP contribution is -2.14. The van der Waals surface area contributed by atoms with E-state index in [-0.39, 0.29) is 15.1 Å². The Bertz CT molecular complexity index is 770. The van der Waals surface area contributed by atoms with Gasteiger partial charge in [0.15, 0.2) is 0 Å². The molecule has 2 N–H and O–H groups in total. The van der Waals surface area contributed by atoms with Gasteiger partial charge in [0.1, 0.15) is 17.3 Å². The summed E-state index contributed by atoms with van der Waals surface area (Å²) in [6, 6.07) is 4.01. The first-order valence-electron chi connectivity index (χ1n) is 5.50. The molecule has 1 aromatic carbocycles. The third-order valence-electron chi connectivity index (χ3n) is 2.42. The molecule has 0 saturated carbocycles. The highest BCUT2D eigenvalue weighted by atomic mass is 79.9. The number of aromatic nitrogens is 2. The fourth-order valence-corrected chi connectivity index (χ4v) is 3.11. The van der Waals surface area contributed by atoms with Crippen molar-refractivity contribution >= 4 is 37.6 Å². The summed E-state index contributed by atoms with van der Waals surface area (Å²) in [5.41, 5.74) is -0.233. The summed E-state index contributed by atoms with van der Waals surface area (Å²) in [5, 5.41) is 12.2. The lowest BCUT2D eigenvalue weighted by molar-refractivity contribution is -0.137. The smallest absolute Gasteiger partial charge is 0.325 e. The van der Waals surface area contributed by atoms with Crippen LogP contribution in [-0.4, -0.2) is 29.3 Å². The van der Waals surface area contributed by atoms with Crippen molar-refractivity contribution in [2.24, 2.45) is 0 Å². The average Bonchev–Trinajstić information content (AvgIpc) is 2.82. The maximum Gasteiger partial charge on any atom is 0.325 e. The number of aliphatic carboxylic acids is 1. The first-order valence-corrected chi connectivity index (χ1v) is 7.78. The van der Waals surface area contributed by atoms with Crippen molar-refractivity contribution in [1.29, 1.82) is 0 Å². The Morgan fingerprint density at radius 2 is 2.19 bits per heavy atom. The van der Waals surface area contributed by atoms with Crippen molar-refractivity contribution in [2.75, 3.05) is 4.72 Å². The maximum atomic E-state index is 13.6. The van der Waals surface area contributed by atoms with E-state index < -0.39 is 28.4 Å². The number of carboxylic acids is 1. The largest absolute Gasteiger partial charge is 0.480 e. The van der Waals surface area contributed by atoms with Gasteiger partial charge in [-0.05, 0) is 28.1 Å². The number of para-hydroxylation sites is 1. The summed E-state index contributed by atoms with van der Waals surface area (Å²) in [7, 11) is -4.07. The number of anilines is 1. The molecule has 0 fully saturated rings. The number of hydrogen-bond donors (Lipinski definition) is 2. The van der Waals surface area contributed by atoms with E-state index in [0.717, 1.165) is 23.1 Å². The Labute approximate surface area is 127 Å². The minimum atomic E-state index is -4.07. The van der Waals surface area contributed by atoms with Crippen LogP contribution in [0, 0.1) is 5.82 Å². The second kappa shape index (κ2) is 5.82. The third kappa shape index (κ3) is 3.58. The van der Waals surface area contributed by atoms with E-state index >= 15 is 0 Å². The normalized spacial score (nSPS) is 11.3. The molecule has 1 aromatic heterocycles. The fraction of sp³-hybridized carbons (Fsp3) is 0.0909. The molecule has 10 heteroatoms. The van der Waals surface area contributed by atoms with Crippen LogP contribution in [0.2, 0.25) is 0 Å². The second-order valence-corrected chi connectivity index (χ2v) is 6.51. The van der Waals surface area contributed by atoms with Gasteiger partial charge >= 0.3 is 5.97 Å². The molecular formula is C11H9BrFN3O4S. The minimum absolute atomic E-state index is 0.233. The maximum absolute atomic E-state index is 13.6. The van der Waals surface area contributed by atoms with E-state index in [1.165, 1.54) is 12.1 Å². The van der Waals surface area contributed by atoms with Gasteiger partial charge in [-0.15, -0.1) is 0 Å². The second-order valence-electron chi connectivity index (χ2n) is 3.97. The van der Waals surface area contributed by atoms with E-state index in [9.17, 15) is 17.6 Å². The number of sulfonamides is 1. The van der Waals surface area contributed by atoms with Gasteiger partial charge in [0.25, 0.3) is 10.0 Å². The van der Waals surface area contributed by atoms with Crippen molar-refractivity contribution < 1.29 is 22.7 Å². The molecule has 0 atom stereocenters. The Morgan fingerprint density at radius 3 is 2.81 bits per heavy atom. The highest BCUT2D eigenvalue weighted by Crippen LogP contribution is 2.27. The fourth-order valence-electron chi connectivity index (χ4n) is 1.50. The molecule has 0 aliphatic rings. The van der Waals surface area contributed by atoms with Crippen LogP contribution in [0.5, 0.6) is 0 Å². The topological polar surface area (TPSA) is 101 Å². The summed E-state index contributed by atoms with van der Waals surface area (Å²) in [5.74, 6) is -1.90. The monoisotopic (exact) mass is 377 g/mol. The van der Waals surface area contributed by atoms with Gasteiger partial charge < -0.3 is 5.11 Å². The Morgan fingerprint density at radius 1 is 1.48 bits per heavy atom. The molecule has 1 heterocycles. The minimum Gasteiger partial charge on any atom is -0.480 e. The molecule has 112 valence electrons. The molecule has 0 saturated heterocycles. The Balaban J connectivity index is 2.30. The number of carbonyl (C=O) groups is 1. The van der Waals surface area contributed by atoms with Crippen molar-refractivity contribution in [1.82, 2.24) is 9.78 Å². The first kappa shape index (κ1) is 15.4. The quantitative estimate of drug-likeness (QED) is 0.824. The standard InChI is InChI=1S/C11H9BrFN3O4S/c12-8-2-1-3-9(13)11(8)15-21(19,20)7-4-14-16(5-7)6-10(17)18/h1-5,15H,6H2,(H,17,18). The van der Waals surface area contributed by atoms with Gasteiger partial charge in [-0.1, -0.05) is 6.07 Å². The highest BCUT2D eigenvalue weighted by molar-refractivity contribution is 9.10. The first-order chi connectivity index (χ1) is 9.79. The van der Waals surface area contributed by atoms with Crippen LogP contribution < -0.4 is 4.72 Å². The van der Waals surface area contributed by atoms with Crippen LogP contribution >= 0.6 is 15.9 Å². The zero-order valence-corrected chi connectivity index (χ0v) is 12.7.